The van der Waals surface area contributed by atoms with Gasteiger partial charge in [-0.05, 0) is 37.5 Å². The predicted molar refractivity (Wildman–Crippen MR) is 84.2 cm³/mol. The van der Waals surface area contributed by atoms with E-state index in [2.05, 4.69) is 20.2 Å². The van der Waals surface area contributed by atoms with E-state index in [9.17, 15) is 0 Å². The number of aryl methyl sites for hydroxylation is 5. The molecule has 7 nitrogen and oxygen atoms in total. The Labute approximate surface area is 134 Å². The SMILES string of the molecule is COc1nc(C)cc(C)c1-c1noc(CCc2cnn(C)c2)n1. The first-order chi connectivity index (χ1) is 11.1. The van der Waals surface area contributed by atoms with Gasteiger partial charge < -0.3 is 9.26 Å². The zero-order valence-corrected chi connectivity index (χ0v) is 13.7. The van der Waals surface area contributed by atoms with Crippen LogP contribution in [-0.4, -0.2) is 32.0 Å². The van der Waals surface area contributed by atoms with Gasteiger partial charge in [0, 0.05) is 25.4 Å². The summed E-state index contributed by atoms with van der Waals surface area (Å²) in [5.74, 6) is 1.61. The highest BCUT2D eigenvalue weighted by molar-refractivity contribution is 5.65. The molecule has 0 N–H and O–H groups in total. The normalized spacial score (nSPS) is 11.0. The third-order valence-corrected chi connectivity index (χ3v) is 3.58. The van der Waals surface area contributed by atoms with Crippen molar-refractivity contribution in [1.82, 2.24) is 24.9 Å². The molecule has 3 aromatic heterocycles. The molecule has 0 fully saturated rings. The van der Waals surface area contributed by atoms with Crippen molar-refractivity contribution in [2.24, 2.45) is 7.05 Å². The molecule has 3 aromatic rings. The van der Waals surface area contributed by atoms with Crippen molar-refractivity contribution in [3.8, 4) is 17.3 Å². The molecular weight excluding hydrogens is 294 g/mol. The minimum Gasteiger partial charge on any atom is -0.480 e. The summed E-state index contributed by atoms with van der Waals surface area (Å²) in [6.45, 7) is 3.91. The van der Waals surface area contributed by atoms with Crippen LogP contribution in [0.4, 0.5) is 0 Å². The number of methoxy groups -OCH3 is 1. The smallest absolute Gasteiger partial charge is 0.227 e. The molecule has 3 heterocycles. The number of pyridine rings is 1. The quantitative estimate of drug-likeness (QED) is 0.719. The summed E-state index contributed by atoms with van der Waals surface area (Å²) in [6, 6.07) is 1.98. The topological polar surface area (TPSA) is 78.9 Å². The van der Waals surface area contributed by atoms with Crippen molar-refractivity contribution in [3.63, 3.8) is 0 Å². The van der Waals surface area contributed by atoms with E-state index in [4.69, 9.17) is 9.26 Å². The minimum atomic E-state index is 0.507. The lowest BCUT2D eigenvalue weighted by Gasteiger charge is -2.08. The molecule has 0 atom stereocenters. The van der Waals surface area contributed by atoms with Gasteiger partial charge in [-0.25, -0.2) is 4.98 Å². The Balaban J connectivity index is 1.82. The average molecular weight is 313 g/mol. The highest BCUT2D eigenvalue weighted by atomic mass is 16.5. The Bertz CT molecular complexity index is 822. The van der Waals surface area contributed by atoms with E-state index in [1.165, 1.54) is 0 Å². The van der Waals surface area contributed by atoms with Gasteiger partial charge in [0.15, 0.2) is 0 Å². The molecule has 7 heteroatoms. The van der Waals surface area contributed by atoms with E-state index in [1.807, 2.05) is 39.4 Å². The Morgan fingerprint density at radius 1 is 1.22 bits per heavy atom. The van der Waals surface area contributed by atoms with E-state index < -0.39 is 0 Å². The van der Waals surface area contributed by atoms with Gasteiger partial charge >= 0.3 is 0 Å². The maximum atomic E-state index is 5.36. The van der Waals surface area contributed by atoms with Crippen LogP contribution in [0.25, 0.3) is 11.4 Å². The molecule has 0 spiro atoms. The predicted octanol–water partition coefficient (Wildman–Crippen LogP) is 2.28. The maximum absolute atomic E-state index is 5.36. The first-order valence-electron chi connectivity index (χ1n) is 7.39. The molecule has 120 valence electrons. The third kappa shape index (κ3) is 3.23. The van der Waals surface area contributed by atoms with Crippen LogP contribution in [0.3, 0.4) is 0 Å². The third-order valence-electron chi connectivity index (χ3n) is 3.58. The Kier molecular flexibility index (Phi) is 4.10. The zero-order chi connectivity index (χ0) is 16.4. The summed E-state index contributed by atoms with van der Waals surface area (Å²) in [5, 5.41) is 8.23. The fourth-order valence-electron chi connectivity index (χ4n) is 2.53. The summed E-state index contributed by atoms with van der Waals surface area (Å²) < 4.78 is 12.5. The highest BCUT2D eigenvalue weighted by Crippen LogP contribution is 2.30. The molecule has 0 radical (unpaired) electrons. The van der Waals surface area contributed by atoms with E-state index in [0.717, 1.165) is 28.8 Å². The lowest BCUT2D eigenvalue weighted by Crippen LogP contribution is -1.98. The van der Waals surface area contributed by atoms with E-state index >= 15 is 0 Å². The standard InChI is InChI=1S/C16H19N5O2/c1-10-7-11(2)18-16(22-4)14(10)15-19-13(23-20-15)6-5-12-8-17-21(3)9-12/h7-9H,5-6H2,1-4H3. The lowest BCUT2D eigenvalue weighted by atomic mass is 10.1. The molecule has 0 amide bonds. The van der Waals surface area contributed by atoms with Gasteiger partial charge in [-0.3, -0.25) is 4.68 Å². The molecule has 0 aliphatic carbocycles. The van der Waals surface area contributed by atoms with Gasteiger partial charge in [0.05, 0.1) is 18.9 Å². The fraction of sp³-hybridized carbons (Fsp3) is 0.375. The van der Waals surface area contributed by atoms with Crippen molar-refractivity contribution in [2.45, 2.75) is 26.7 Å². The molecule has 0 aromatic carbocycles. The number of hydrogen-bond acceptors (Lipinski definition) is 6. The zero-order valence-electron chi connectivity index (χ0n) is 13.7. The molecule has 23 heavy (non-hydrogen) atoms. The van der Waals surface area contributed by atoms with Gasteiger partial charge in [-0.2, -0.15) is 10.1 Å². The number of rotatable bonds is 5. The van der Waals surface area contributed by atoms with Crippen molar-refractivity contribution >= 4 is 0 Å². The summed E-state index contributed by atoms with van der Waals surface area (Å²) in [6.07, 6.45) is 5.29. The summed E-state index contributed by atoms with van der Waals surface area (Å²) in [4.78, 5) is 8.86. The van der Waals surface area contributed by atoms with Gasteiger partial charge in [-0.1, -0.05) is 5.16 Å². The molecule has 0 unspecified atom stereocenters. The first-order valence-corrected chi connectivity index (χ1v) is 7.39. The minimum absolute atomic E-state index is 0.507. The molecule has 0 aliphatic rings. The Morgan fingerprint density at radius 2 is 2.04 bits per heavy atom. The van der Waals surface area contributed by atoms with E-state index in [1.54, 1.807) is 11.8 Å². The van der Waals surface area contributed by atoms with Gasteiger partial charge in [0.1, 0.15) is 0 Å². The Hall–Kier alpha value is -2.70. The molecular formula is C16H19N5O2. The number of nitrogens with zero attached hydrogens (tertiary/aromatic N) is 5. The largest absolute Gasteiger partial charge is 0.480 e. The molecule has 0 saturated heterocycles. The number of hydrogen-bond donors (Lipinski definition) is 0. The van der Waals surface area contributed by atoms with Gasteiger partial charge in [0.25, 0.3) is 0 Å². The molecule has 0 bridgehead atoms. The van der Waals surface area contributed by atoms with Crippen molar-refractivity contribution in [2.75, 3.05) is 7.11 Å². The van der Waals surface area contributed by atoms with Crippen LogP contribution in [0.15, 0.2) is 23.0 Å². The van der Waals surface area contributed by atoms with Crippen molar-refractivity contribution in [3.05, 3.63) is 41.2 Å². The molecule has 0 saturated carbocycles. The van der Waals surface area contributed by atoms with Crippen LogP contribution in [-0.2, 0) is 19.9 Å². The van der Waals surface area contributed by atoms with Crippen LogP contribution in [0.1, 0.15) is 22.7 Å². The summed E-state index contributed by atoms with van der Waals surface area (Å²) in [7, 11) is 3.49. The second-order valence-electron chi connectivity index (χ2n) is 5.50. The first kappa shape index (κ1) is 15.2. The van der Waals surface area contributed by atoms with Crippen molar-refractivity contribution in [1.29, 1.82) is 0 Å². The van der Waals surface area contributed by atoms with Crippen LogP contribution >= 0.6 is 0 Å². The van der Waals surface area contributed by atoms with Crippen molar-refractivity contribution < 1.29 is 9.26 Å². The second kappa shape index (κ2) is 6.20. The highest BCUT2D eigenvalue weighted by Gasteiger charge is 2.18. The number of ether oxygens (including phenoxy) is 1. The number of aromatic nitrogens is 5. The average Bonchev–Trinajstić information content (AvgIpc) is 3.13. The van der Waals surface area contributed by atoms with E-state index in [0.29, 0.717) is 24.0 Å². The maximum Gasteiger partial charge on any atom is 0.227 e. The lowest BCUT2D eigenvalue weighted by molar-refractivity contribution is 0.377. The van der Waals surface area contributed by atoms with Gasteiger partial charge in [0.2, 0.25) is 17.6 Å². The summed E-state index contributed by atoms with van der Waals surface area (Å²) >= 11 is 0. The molecule has 0 aliphatic heterocycles. The van der Waals surface area contributed by atoms with Crippen LogP contribution in [0.2, 0.25) is 0 Å². The van der Waals surface area contributed by atoms with Crippen LogP contribution in [0.5, 0.6) is 5.88 Å². The monoisotopic (exact) mass is 313 g/mol. The Morgan fingerprint density at radius 3 is 2.74 bits per heavy atom. The van der Waals surface area contributed by atoms with Crippen LogP contribution < -0.4 is 4.74 Å². The molecule has 3 rings (SSSR count). The summed E-state index contributed by atoms with van der Waals surface area (Å²) in [5.41, 5.74) is 3.81. The van der Waals surface area contributed by atoms with E-state index in [-0.39, 0.29) is 0 Å². The second-order valence-corrected chi connectivity index (χ2v) is 5.50. The van der Waals surface area contributed by atoms with Crippen LogP contribution in [0, 0.1) is 13.8 Å². The van der Waals surface area contributed by atoms with Gasteiger partial charge in [-0.15, -0.1) is 0 Å². The fourth-order valence-corrected chi connectivity index (χ4v) is 2.53.